The van der Waals surface area contributed by atoms with Gasteiger partial charge in [-0.15, -0.1) is 0 Å². The quantitative estimate of drug-likeness (QED) is 0.819. The number of rotatable bonds is 5. The molecule has 1 saturated heterocycles. The molecule has 0 radical (unpaired) electrons. The summed E-state index contributed by atoms with van der Waals surface area (Å²) in [7, 11) is 0. The van der Waals surface area contributed by atoms with Crippen molar-refractivity contribution in [1.29, 1.82) is 0 Å². The molecule has 1 unspecified atom stereocenters. The number of anilines is 1. The van der Waals surface area contributed by atoms with Crippen LogP contribution in [0.25, 0.3) is 0 Å². The molecule has 2 amide bonds. The van der Waals surface area contributed by atoms with Gasteiger partial charge in [0.25, 0.3) is 5.91 Å². The molecule has 1 fully saturated rings. The minimum Gasteiger partial charge on any atom is -0.447 e. The predicted octanol–water partition coefficient (Wildman–Crippen LogP) is 4.21. The van der Waals surface area contributed by atoms with Crippen LogP contribution in [0, 0.1) is 0 Å². The largest absolute Gasteiger partial charge is 0.447 e. The molecule has 7 nitrogen and oxygen atoms in total. The number of nitrogens with one attached hydrogen (secondary N) is 1. The van der Waals surface area contributed by atoms with E-state index in [1.165, 1.54) is 11.0 Å². The van der Waals surface area contributed by atoms with Crippen LogP contribution in [-0.4, -0.2) is 41.9 Å². The van der Waals surface area contributed by atoms with Gasteiger partial charge in [-0.2, -0.15) is 0 Å². The van der Waals surface area contributed by atoms with Gasteiger partial charge in [0.05, 0.1) is 16.8 Å². The third-order valence-corrected chi connectivity index (χ3v) is 4.58. The Hall–Kier alpha value is -2.61. The molecule has 1 aliphatic heterocycles. The minimum absolute atomic E-state index is 0.0765. The Balaban J connectivity index is 1.72. The van der Waals surface area contributed by atoms with E-state index in [9.17, 15) is 14.0 Å². The average molecular weight is 396 g/mol. The summed E-state index contributed by atoms with van der Waals surface area (Å²) < 4.78 is 22.5. The number of piperidine rings is 1. The van der Waals surface area contributed by atoms with Crippen molar-refractivity contribution >= 4 is 29.3 Å². The summed E-state index contributed by atoms with van der Waals surface area (Å²) >= 11 is 6.04. The van der Waals surface area contributed by atoms with Crippen LogP contribution in [0.1, 0.15) is 41.6 Å². The Morgan fingerprint density at radius 1 is 1.37 bits per heavy atom. The van der Waals surface area contributed by atoms with E-state index >= 15 is 0 Å². The summed E-state index contributed by atoms with van der Waals surface area (Å²) in [5.41, 5.74) is 0.537. The van der Waals surface area contributed by atoms with Crippen LogP contribution < -0.4 is 5.32 Å². The number of alkyl halides is 1. The van der Waals surface area contributed by atoms with Gasteiger partial charge in [0, 0.05) is 12.6 Å². The van der Waals surface area contributed by atoms with Gasteiger partial charge in [0.15, 0.2) is 11.5 Å². The van der Waals surface area contributed by atoms with Crippen LogP contribution in [-0.2, 0) is 4.74 Å². The van der Waals surface area contributed by atoms with E-state index in [-0.39, 0.29) is 12.3 Å². The van der Waals surface area contributed by atoms with Crippen molar-refractivity contribution in [2.75, 3.05) is 25.1 Å². The Morgan fingerprint density at radius 3 is 2.96 bits per heavy atom. The Labute approximate surface area is 160 Å². The van der Waals surface area contributed by atoms with E-state index in [2.05, 4.69) is 10.5 Å². The number of hydrogen-bond donors (Lipinski definition) is 1. The monoisotopic (exact) mass is 395 g/mol. The van der Waals surface area contributed by atoms with Crippen molar-refractivity contribution in [3.63, 3.8) is 0 Å². The first-order chi connectivity index (χ1) is 13.1. The summed E-state index contributed by atoms with van der Waals surface area (Å²) in [6.07, 6.45) is 1.75. The van der Waals surface area contributed by atoms with Crippen molar-refractivity contribution < 1.29 is 23.2 Å². The number of halogens is 2. The van der Waals surface area contributed by atoms with Crippen LogP contribution in [0.3, 0.4) is 0 Å². The molecule has 1 N–H and O–H groups in total. The van der Waals surface area contributed by atoms with Crippen molar-refractivity contribution in [3.8, 4) is 0 Å². The molecule has 3 rings (SSSR count). The maximum atomic E-state index is 12.4. The summed E-state index contributed by atoms with van der Waals surface area (Å²) in [5.74, 6) is -0.0864. The van der Waals surface area contributed by atoms with E-state index in [0.717, 1.165) is 12.8 Å². The van der Waals surface area contributed by atoms with Gasteiger partial charge in [0.2, 0.25) is 0 Å². The zero-order valence-corrected chi connectivity index (χ0v) is 15.2. The Morgan fingerprint density at radius 2 is 2.19 bits per heavy atom. The van der Waals surface area contributed by atoms with E-state index in [1.54, 1.807) is 24.3 Å². The number of carbonyl (C=O) groups is 2. The van der Waals surface area contributed by atoms with Gasteiger partial charge in [-0.25, -0.2) is 9.18 Å². The lowest BCUT2D eigenvalue weighted by atomic mass is 10.0. The molecule has 1 atom stereocenters. The van der Waals surface area contributed by atoms with E-state index < -0.39 is 24.7 Å². The molecule has 0 aliphatic carbocycles. The lowest BCUT2D eigenvalue weighted by Crippen LogP contribution is -2.39. The van der Waals surface area contributed by atoms with Crippen LogP contribution in [0.2, 0.25) is 5.02 Å². The second-order valence-electron chi connectivity index (χ2n) is 6.06. The second-order valence-corrected chi connectivity index (χ2v) is 6.46. The highest BCUT2D eigenvalue weighted by molar-refractivity contribution is 6.33. The van der Waals surface area contributed by atoms with Gasteiger partial charge >= 0.3 is 6.09 Å². The number of nitrogens with zero attached hydrogens (tertiary/aromatic N) is 2. The Kier molecular flexibility index (Phi) is 6.28. The molecule has 2 heterocycles. The summed E-state index contributed by atoms with van der Waals surface area (Å²) in [4.78, 5) is 26.0. The minimum atomic E-state index is -0.737. The number of carbonyl (C=O) groups excluding carboxylic acids is 2. The average Bonchev–Trinajstić information content (AvgIpc) is 3.18. The summed E-state index contributed by atoms with van der Waals surface area (Å²) in [6, 6.07) is 7.93. The van der Waals surface area contributed by atoms with Gasteiger partial charge in [-0.1, -0.05) is 28.9 Å². The molecule has 1 aromatic carbocycles. The van der Waals surface area contributed by atoms with Gasteiger partial charge < -0.3 is 14.6 Å². The zero-order valence-electron chi connectivity index (χ0n) is 14.5. The molecule has 0 saturated carbocycles. The zero-order chi connectivity index (χ0) is 19.2. The van der Waals surface area contributed by atoms with E-state index in [1.807, 2.05) is 0 Å². The van der Waals surface area contributed by atoms with E-state index in [0.29, 0.717) is 29.4 Å². The molecule has 2 aromatic rings. The molecule has 9 heteroatoms. The maximum Gasteiger partial charge on any atom is 0.410 e. The normalized spacial score (nSPS) is 16.8. The molecule has 0 bridgehead atoms. The number of aromatic nitrogens is 1. The highest BCUT2D eigenvalue weighted by Gasteiger charge is 2.32. The van der Waals surface area contributed by atoms with Crippen molar-refractivity contribution in [2.45, 2.75) is 25.3 Å². The highest BCUT2D eigenvalue weighted by Crippen LogP contribution is 2.32. The first-order valence-corrected chi connectivity index (χ1v) is 9.00. The number of hydrogen-bond acceptors (Lipinski definition) is 5. The van der Waals surface area contributed by atoms with Gasteiger partial charge in [-0.05, 0) is 31.4 Å². The van der Waals surface area contributed by atoms with Crippen LogP contribution >= 0.6 is 11.6 Å². The highest BCUT2D eigenvalue weighted by atomic mass is 35.5. The van der Waals surface area contributed by atoms with Crippen LogP contribution in [0.5, 0.6) is 0 Å². The van der Waals surface area contributed by atoms with Gasteiger partial charge in [-0.3, -0.25) is 9.69 Å². The third-order valence-electron chi connectivity index (χ3n) is 4.25. The molecule has 144 valence electrons. The van der Waals surface area contributed by atoms with Crippen LogP contribution in [0.4, 0.5) is 14.9 Å². The molecule has 27 heavy (non-hydrogen) atoms. The fourth-order valence-corrected chi connectivity index (χ4v) is 3.14. The molecular formula is C18H19ClFN3O4. The van der Waals surface area contributed by atoms with Crippen molar-refractivity contribution in [1.82, 2.24) is 10.1 Å². The third kappa shape index (κ3) is 4.57. The lowest BCUT2D eigenvalue weighted by molar-refractivity contribution is 0.0616. The summed E-state index contributed by atoms with van der Waals surface area (Å²) in [6.45, 7) is -0.555. The fourth-order valence-electron chi connectivity index (χ4n) is 2.96. The van der Waals surface area contributed by atoms with Crippen LogP contribution in [0.15, 0.2) is 34.9 Å². The molecule has 0 spiro atoms. The van der Waals surface area contributed by atoms with E-state index in [4.69, 9.17) is 20.9 Å². The lowest BCUT2D eigenvalue weighted by Gasteiger charge is -2.33. The number of para-hydroxylation sites is 1. The second kappa shape index (κ2) is 8.85. The van der Waals surface area contributed by atoms with Gasteiger partial charge in [0.1, 0.15) is 13.3 Å². The summed E-state index contributed by atoms with van der Waals surface area (Å²) in [5, 5.41) is 6.87. The first-order valence-electron chi connectivity index (χ1n) is 8.62. The number of ether oxygens (including phenoxy) is 1. The molecule has 1 aliphatic rings. The predicted molar refractivity (Wildman–Crippen MR) is 96.5 cm³/mol. The first kappa shape index (κ1) is 19.2. The standard InChI is InChI=1S/C18H19ClFN3O4/c19-12-5-1-2-6-13(12)21-17(24)14-11-16(27-22-14)15-7-3-4-9-23(15)18(25)26-10-8-20/h1-2,5-6,11,15H,3-4,7-10H2,(H,21,24). The number of benzene rings is 1. The molecular weight excluding hydrogens is 377 g/mol. The fraction of sp³-hybridized carbons (Fsp3) is 0.389. The number of likely N-dealkylation sites (tertiary alicyclic amines) is 1. The smallest absolute Gasteiger partial charge is 0.410 e. The van der Waals surface area contributed by atoms with Crippen molar-refractivity contribution in [3.05, 3.63) is 46.8 Å². The number of amides is 2. The topological polar surface area (TPSA) is 84.7 Å². The maximum absolute atomic E-state index is 12.4. The Bertz CT molecular complexity index is 813. The molecule has 1 aromatic heterocycles. The van der Waals surface area contributed by atoms with Crippen molar-refractivity contribution in [2.24, 2.45) is 0 Å². The SMILES string of the molecule is O=C(Nc1ccccc1Cl)c1cc(C2CCCCN2C(=O)OCCF)on1.